The monoisotopic (exact) mass is 443 g/mol. The molecule has 176 valence electrons. The Labute approximate surface area is 190 Å². The zero-order valence-electron chi connectivity index (χ0n) is 19.8. The molecule has 1 heterocycles. The van der Waals surface area contributed by atoms with Crippen LogP contribution in [0.4, 0.5) is 0 Å². The Morgan fingerprint density at radius 2 is 1.91 bits per heavy atom. The first-order valence-electron chi connectivity index (χ1n) is 12.6. The third-order valence-electron chi connectivity index (χ3n) is 11.1. The quantitative estimate of drug-likeness (QED) is 0.534. The van der Waals surface area contributed by atoms with Gasteiger partial charge in [0.25, 0.3) is 0 Å². The minimum absolute atomic E-state index is 0.0253. The van der Waals surface area contributed by atoms with Crippen LogP contribution in [0, 0.1) is 39.9 Å². The topological polar surface area (TPSA) is 76.1 Å². The SMILES string of the molecule is C=C1[C@H]2C[C@@]3([C@@H]1OC(C)=O)[C@@H](C[C@@H]2OC(C)=O)[C@@]12C4[C@@H]3C[C@@H]1[C@@](C)(CC[C@H]2O)CN4CC. The smallest absolute Gasteiger partial charge is 0.303 e. The second kappa shape index (κ2) is 6.38. The maximum atomic E-state index is 12.3. The van der Waals surface area contributed by atoms with Gasteiger partial charge >= 0.3 is 11.9 Å². The first-order valence-corrected chi connectivity index (χ1v) is 12.6. The highest BCUT2D eigenvalue weighted by Gasteiger charge is 2.85. The van der Waals surface area contributed by atoms with Crippen LogP contribution in [0.25, 0.3) is 0 Å². The molecule has 2 spiro atoms. The lowest BCUT2D eigenvalue weighted by Gasteiger charge is -2.65. The van der Waals surface area contributed by atoms with E-state index in [0.717, 1.165) is 50.8 Å². The number of likely N-dealkylation sites (tertiary alicyclic amines) is 1. The normalized spacial score (nSPS) is 55.0. The van der Waals surface area contributed by atoms with E-state index in [1.165, 1.54) is 13.8 Å². The highest BCUT2D eigenvalue weighted by atomic mass is 16.6. The minimum atomic E-state index is -0.365. The molecule has 6 heteroatoms. The zero-order chi connectivity index (χ0) is 22.8. The number of piperidine rings is 1. The molecule has 5 saturated carbocycles. The summed E-state index contributed by atoms with van der Waals surface area (Å²) >= 11 is 0. The first-order chi connectivity index (χ1) is 15.1. The van der Waals surface area contributed by atoms with Crippen LogP contribution < -0.4 is 0 Å². The molecule has 1 saturated heterocycles. The molecule has 6 fully saturated rings. The van der Waals surface area contributed by atoms with Crippen LogP contribution in [0.15, 0.2) is 12.2 Å². The van der Waals surface area contributed by atoms with Crippen LogP contribution in [0.3, 0.4) is 0 Å². The van der Waals surface area contributed by atoms with Crippen molar-refractivity contribution in [2.45, 2.75) is 84.2 Å². The molecular formula is C26H37NO5. The summed E-state index contributed by atoms with van der Waals surface area (Å²) in [6.45, 7) is 14.1. The summed E-state index contributed by atoms with van der Waals surface area (Å²) in [5, 5.41) is 11.8. The standard InChI is InChI=1S/C26H37NO5/c1-6-27-12-24(5)8-7-21(30)26-19(24)9-17(22(26)27)25-11-16(13(2)23(25)32-15(4)29)18(10-20(25)26)31-14(3)28/h16-23,30H,2,6-12H2,1,3-5H3/t16-,17+,18+,19-,20-,21-,22?,23-,24+,25+,26+/m1/s1. The summed E-state index contributed by atoms with van der Waals surface area (Å²) in [5.41, 5.74) is 0.687. The molecule has 1 unspecified atom stereocenters. The van der Waals surface area contributed by atoms with Gasteiger partial charge in [-0.05, 0) is 67.4 Å². The number of carbonyl (C=O) groups is 2. The average Bonchev–Trinajstić information content (AvgIpc) is 3.25. The Morgan fingerprint density at radius 1 is 1.19 bits per heavy atom. The van der Waals surface area contributed by atoms with Gasteiger partial charge in [0.1, 0.15) is 12.2 Å². The van der Waals surface area contributed by atoms with Crippen molar-refractivity contribution in [1.82, 2.24) is 4.90 Å². The summed E-state index contributed by atoms with van der Waals surface area (Å²) < 4.78 is 12.0. The zero-order valence-corrected chi connectivity index (χ0v) is 19.8. The van der Waals surface area contributed by atoms with E-state index >= 15 is 0 Å². The predicted molar refractivity (Wildman–Crippen MR) is 117 cm³/mol. The molecule has 1 aliphatic heterocycles. The summed E-state index contributed by atoms with van der Waals surface area (Å²) in [6, 6.07) is 0.298. The molecule has 0 aromatic rings. The maximum Gasteiger partial charge on any atom is 0.303 e. The van der Waals surface area contributed by atoms with Crippen LogP contribution in [-0.2, 0) is 19.1 Å². The predicted octanol–water partition coefficient (Wildman–Crippen LogP) is 2.93. The van der Waals surface area contributed by atoms with Crippen LogP contribution in [-0.4, -0.2) is 59.4 Å². The van der Waals surface area contributed by atoms with E-state index in [2.05, 4.69) is 25.3 Å². The lowest BCUT2D eigenvalue weighted by atomic mass is 9.43. The van der Waals surface area contributed by atoms with Crippen molar-refractivity contribution in [3.8, 4) is 0 Å². The summed E-state index contributed by atoms with van der Waals surface area (Å²) in [7, 11) is 0. The second-order valence-corrected chi connectivity index (χ2v) is 12.0. The van der Waals surface area contributed by atoms with Crippen molar-refractivity contribution >= 4 is 11.9 Å². The van der Waals surface area contributed by atoms with E-state index in [-0.39, 0.29) is 58.3 Å². The van der Waals surface area contributed by atoms with Gasteiger partial charge in [-0.15, -0.1) is 0 Å². The maximum absolute atomic E-state index is 12.3. The number of hydrogen-bond acceptors (Lipinski definition) is 6. The van der Waals surface area contributed by atoms with Gasteiger partial charge < -0.3 is 14.6 Å². The van der Waals surface area contributed by atoms with E-state index in [4.69, 9.17) is 9.47 Å². The molecule has 6 aliphatic rings. The number of fused-ring (bicyclic) bond motifs is 1. The molecule has 1 N–H and O–H groups in total. The third-order valence-corrected chi connectivity index (χ3v) is 11.1. The Balaban J connectivity index is 1.56. The Hall–Kier alpha value is -1.40. The molecule has 11 atom stereocenters. The number of aliphatic hydroxyl groups is 1. The fraction of sp³-hybridized carbons (Fsp3) is 0.846. The van der Waals surface area contributed by atoms with Crippen molar-refractivity contribution in [2.24, 2.45) is 39.9 Å². The number of hydrogen-bond donors (Lipinski definition) is 1. The first kappa shape index (κ1) is 21.2. The van der Waals surface area contributed by atoms with Crippen LogP contribution in [0.5, 0.6) is 0 Å². The van der Waals surface area contributed by atoms with Gasteiger partial charge in [-0.3, -0.25) is 14.5 Å². The summed E-state index contributed by atoms with van der Waals surface area (Å²) in [4.78, 5) is 26.9. The van der Waals surface area contributed by atoms with Crippen molar-refractivity contribution in [3.63, 3.8) is 0 Å². The highest BCUT2D eigenvalue weighted by molar-refractivity contribution is 5.67. The van der Waals surface area contributed by atoms with E-state index in [9.17, 15) is 14.7 Å². The molecule has 7 bridgehead atoms. The third kappa shape index (κ3) is 2.15. The number of nitrogens with zero attached hydrogens (tertiary/aromatic N) is 1. The summed E-state index contributed by atoms with van der Waals surface area (Å²) in [5.74, 6) is 0.487. The molecular weight excluding hydrogens is 406 g/mol. The Kier molecular flexibility index (Phi) is 4.22. The van der Waals surface area contributed by atoms with E-state index in [1.54, 1.807) is 0 Å². The van der Waals surface area contributed by atoms with Gasteiger partial charge in [0.15, 0.2) is 0 Å². The van der Waals surface area contributed by atoms with Crippen molar-refractivity contribution in [1.29, 1.82) is 0 Å². The molecule has 0 radical (unpaired) electrons. The minimum Gasteiger partial charge on any atom is -0.462 e. The fourth-order valence-electron chi connectivity index (χ4n) is 10.6. The van der Waals surface area contributed by atoms with E-state index < -0.39 is 0 Å². The number of rotatable bonds is 3. The number of ether oxygens (including phenoxy) is 2. The van der Waals surface area contributed by atoms with Gasteiger partial charge in [0, 0.05) is 43.2 Å². The molecule has 32 heavy (non-hydrogen) atoms. The average molecular weight is 444 g/mol. The number of carbonyl (C=O) groups excluding carboxylic acids is 2. The second-order valence-electron chi connectivity index (χ2n) is 12.0. The lowest BCUT2D eigenvalue weighted by Crippen LogP contribution is -2.68. The number of aliphatic hydroxyl groups excluding tert-OH is 1. The molecule has 0 aromatic heterocycles. The van der Waals surface area contributed by atoms with Crippen LogP contribution >= 0.6 is 0 Å². The Bertz CT molecular complexity index is 903. The van der Waals surface area contributed by atoms with E-state index in [1.807, 2.05) is 0 Å². The number of esters is 2. The molecule has 6 rings (SSSR count). The molecule has 0 amide bonds. The van der Waals surface area contributed by atoms with Crippen molar-refractivity contribution in [2.75, 3.05) is 13.1 Å². The molecule has 6 nitrogen and oxygen atoms in total. The molecule has 0 aromatic carbocycles. The van der Waals surface area contributed by atoms with Crippen molar-refractivity contribution in [3.05, 3.63) is 12.2 Å². The van der Waals surface area contributed by atoms with Gasteiger partial charge in [-0.2, -0.15) is 0 Å². The van der Waals surface area contributed by atoms with Crippen LogP contribution in [0.2, 0.25) is 0 Å². The van der Waals surface area contributed by atoms with Gasteiger partial charge in [0.2, 0.25) is 0 Å². The Morgan fingerprint density at radius 3 is 2.56 bits per heavy atom. The summed E-state index contributed by atoms with van der Waals surface area (Å²) in [6.07, 6.45) is 3.63. The van der Waals surface area contributed by atoms with Crippen molar-refractivity contribution < 1.29 is 24.2 Å². The fourth-order valence-corrected chi connectivity index (χ4v) is 10.6. The van der Waals surface area contributed by atoms with Gasteiger partial charge in [0.05, 0.1) is 6.10 Å². The van der Waals surface area contributed by atoms with E-state index in [0.29, 0.717) is 17.9 Å². The largest absolute Gasteiger partial charge is 0.462 e. The lowest BCUT2D eigenvalue weighted by molar-refractivity contribution is -0.222. The molecule has 5 aliphatic carbocycles. The van der Waals surface area contributed by atoms with Gasteiger partial charge in [-0.25, -0.2) is 0 Å². The van der Waals surface area contributed by atoms with Gasteiger partial charge in [-0.1, -0.05) is 20.4 Å². The van der Waals surface area contributed by atoms with Crippen LogP contribution in [0.1, 0.15) is 59.8 Å². The highest BCUT2D eigenvalue weighted by Crippen LogP contribution is 2.83.